The second-order valence-electron chi connectivity index (χ2n) is 3.59. The summed E-state index contributed by atoms with van der Waals surface area (Å²) in [6, 6.07) is 4.02. The predicted octanol–water partition coefficient (Wildman–Crippen LogP) is 2.41. The van der Waals surface area contributed by atoms with Crippen LogP contribution in [-0.4, -0.2) is 21.3 Å². The molecule has 0 saturated heterocycles. The smallest absolute Gasteiger partial charge is 0.368 e. The lowest BCUT2D eigenvalue weighted by molar-refractivity contribution is -0.137. The Bertz CT molecular complexity index is 493. The molecule has 18 heavy (non-hydrogen) atoms. The Morgan fingerprint density at radius 3 is 2.72 bits per heavy atom. The average molecular weight is 256 g/mol. The van der Waals surface area contributed by atoms with E-state index < -0.39 is 11.7 Å². The van der Waals surface area contributed by atoms with Gasteiger partial charge >= 0.3 is 6.18 Å². The molecule has 2 aromatic heterocycles. The molecule has 0 atom stereocenters. The molecule has 2 heterocycles. The van der Waals surface area contributed by atoms with Gasteiger partial charge in [0.25, 0.3) is 0 Å². The van der Waals surface area contributed by atoms with Crippen LogP contribution in [0.4, 0.5) is 19.0 Å². The number of rotatable bonds is 4. The van der Waals surface area contributed by atoms with Gasteiger partial charge in [-0.1, -0.05) is 0 Å². The maximum atomic E-state index is 12.7. The topological polar surface area (TPSA) is 42.7 Å². The number of alkyl halides is 3. The van der Waals surface area contributed by atoms with Gasteiger partial charge in [-0.3, -0.25) is 4.68 Å². The second kappa shape index (κ2) is 5.07. The second-order valence-corrected chi connectivity index (χ2v) is 3.59. The van der Waals surface area contributed by atoms with Crippen LogP contribution in [0.3, 0.4) is 0 Å². The first-order valence-corrected chi connectivity index (χ1v) is 5.31. The third-order valence-corrected chi connectivity index (χ3v) is 2.31. The van der Waals surface area contributed by atoms with E-state index in [-0.39, 0.29) is 5.82 Å². The Hall–Kier alpha value is -2.05. The summed E-state index contributed by atoms with van der Waals surface area (Å²) in [6.45, 7) is 0.794. The molecule has 0 spiro atoms. The zero-order valence-electron chi connectivity index (χ0n) is 9.35. The zero-order chi connectivity index (χ0) is 13.0. The van der Waals surface area contributed by atoms with E-state index in [1.54, 1.807) is 23.1 Å². The van der Waals surface area contributed by atoms with Gasteiger partial charge in [0.05, 0.1) is 12.1 Å². The van der Waals surface area contributed by atoms with Crippen molar-refractivity contribution >= 4 is 5.82 Å². The van der Waals surface area contributed by atoms with E-state index >= 15 is 0 Å². The lowest BCUT2D eigenvalue weighted by atomic mass is 10.2. The Morgan fingerprint density at radius 1 is 1.22 bits per heavy atom. The Labute approximate surface area is 101 Å². The highest BCUT2D eigenvalue weighted by Crippen LogP contribution is 2.33. The Kier molecular flexibility index (Phi) is 3.50. The van der Waals surface area contributed by atoms with Crippen LogP contribution in [0.5, 0.6) is 0 Å². The van der Waals surface area contributed by atoms with Crippen molar-refractivity contribution in [1.29, 1.82) is 0 Å². The van der Waals surface area contributed by atoms with Crippen molar-refractivity contribution in [2.45, 2.75) is 12.7 Å². The van der Waals surface area contributed by atoms with Crippen LogP contribution in [0.1, 0.15) is 5.56 Å². The fraction of sp³-hybridized carbons (Fsp3) is 0.273. The molecule has 7 heteroatoms. The fourth-order valence-corrected chi connectivity index (χ4v) is 1.50. The van der Waals surface area contributed by atoms with Gasteiger partial charge in [-0.05, 0) is 18.2 Å². The highest BCUT2D eigenvalue weighted by atomic mass is 19.4. The zero-order valence-corrected chi connectivity index (χ0v) is 9.35. The van der Waals surface area contributed by atoms with Gasteiger partial charge in [0.15, 0.2) is 0 Å². The minimum atomic E-state index is -4.40. The highest BCUT2D eigenvalue weighted by molar-refractivity contribution is 5.45. The summed E-state index contributed by atoms with van der Waals surface area (Å²) in [5, 5.41) is 6.62. The molecule has 0 aliphatic carbocycles. The molecule has 96 valence electrons. The normalized spacial score (nSPS) is 11.5. The van der Waals surface area contributed by atoms with Crippen LogP contribution in [0, 0.1) is 0 Å². The third kappa shape index (κ3) is 2.99. The SMILES string of the molecule is FC(F)(F)c1cccnc1NCCn1cccn1. The summed E-state index contributed by atoms with van der Waals surface area (Å²) in [6.07, 6.45) is 0.278. The summed E-state index contributed by atoms with van der Waals surface area (Å²) in [4.78, 5) is 3.70. The number of anilines is 1. The molecule has 1 N–H and O–H groups in total. The van der Waals surface area contributed by atoms with Crippen LogP contribution in [0.25, 0.3) is 0 Å². The van der Waals surface area contributed by atoms with E-state index in [9.17, 15) is 13.2 Å². The molecule has 0 aliphatic heterocycles. The third-order valence-electron chi connectivity index (χ3n) is 2.31. The van der Waals surface area contributed by atoms with Gasteiger partial charge in [-0.15, -0.1) is 0 Å². The summed E-state index contributed by atoms with van der Waals surface area (Å²) >= 11 is 0. The molecule has 2 rings (SSSR count). The standard InChI is InChI=1S/C11H11F3N4/c12-11(13,14)9-3-1-4-15-10(9)16-6-8-18-7-2-5-17-18/h1-5,7H,6,8H2,(H,15,16). The number of aromatic nitrogens is 3. The van der Waals surface area contributed by atoms with Crippen molar-refractivity contribution < 1.29 is 13.2 Å². The summed E-state index contributed by atoms with van der Waals surface area (Å²) < 4.78 is 39.6. The number of hydrogen-bond acceptors (Lipinski definition) is 3. The maximum Gasteiger partial charge on any atom is 0.419 e. The molecule has 0 amide bonds. The van der Waals surface area contributed by atoms with Gasteiger partial charge in [-0.2, -0.15) is 18.3 Å². The largest absolute Gasteiger partial charge is 0.419 e. The van der Waals surface area contributed by atoms with Gasteiger partial charge in [-0.25, -0.2) is 4.98 Å². The fourth-order valence-electron chi connectivity index (χ4n) is 1.50. The van der Waals surface area contributed by atoms with E-state index in [1.165, 1.54) is 12.3 Å². The Balaban J connectivity index is 2.01. The summed E-state index contributed by atoms with van der Waals surface area (Å²) in [5.41, 5.74) is -0.759. The van der Waals surface area contributed by atoms with Gasteiger partial charge < -0.3 is 5.32 Å². The number of nitrogens with one attached hydrogen (secondary N) is 1. The van der Waals surface area contributed by atoms with Crippen molar-refractivity contribution in [3.8, 4) is 0 Å². The van der Waals surface area contributed by atoms with Crippen molar-refractivity contribution in [2.24, 2.45) is 0 Å². The van der Waals surface area contributed by atoms with Crippen molar-refractivity contribution in [3.05, 3.63) is 42.4 Å². The number of nitrogens with zero attached hydrogens (tertiary/aromatic N) is 3. The Morgan fingerprint density at radius 2 is 2.06 bits per heavy atom. The molecule has 0 bridgehead atoms. The van der Waals surface area contributed by atoms with Gasteiger partial charge in [0, 0.05) is 25.1 Å². The number of pyridine rings is 1. The molecular weight excluding hydrogens is 245 g/mol. The molecule has 0 aromatic carbocycles. The molecule has 4 nitrogen and oxygen atoms in total. The van der Waals surface area contributed by atoms with E-state index in [0.29, 0.717) is 13.1 Å². The van der Waals surface area contributed by atoms with Gasteiger partial charge in [0.1, 0.15) is 5.82 Å². The van der Waals surface area contributed by atoms with E-state index in [2.05, 4.69) is 15.4 Å². The molecule has 2 aromatic rings. The molecular formula is C11H11F3N4. The molecule has 0 fully saturated rings. The van der Waals surface area contributed by atoms with Crippen molar-refractivity contribution in [2.75, 3.05) is 11.9 Å². The highest BCUT2D eigenvalue weighted by Gasteiger charge is 2.33. The molecule has 0 aliphatic rings. The summed E-state index contributed by atoms with van der Waals surface area (Å²) in [7, 11) is 0. The van der Waals surface area contributed by atoms with Crippen LogP contribution in [0.2, 0.25) is 0 Å². The number of hydrogen-bond donors (Lipinski definition) is 1. The predicted molar refractivity (Wildman–Crippen MR) is 60.0 cm³/mol. The van der Waals surface area contributed by atoms with Gasteiger partial charge in [0.2, 0.25) is 0 Å². The first-order valence-electron chi connectivity index (χ1n) is 5.31. The quantitative estimate of drug-likeness (QED) is 0.913. The lowest BCUT2D eigenvalue weighted by Gasteiger charge is -2.12. The monoisotopic (exact) mass is 256 g/mol. The van der Waals surface area contributed by atoms with Crippen LogP contribution in [0.15, 0.2) is 36.8 Å². The van der Waals surface area contributed by atoms with Crippen LogP contribution in [-0.2, 0) is 12.7 Å². The minimum absolute atomic E-state index is 0.155. The van der Waals surface area contributed by atoms with Crippen LogP contribution < -0.4 is 5.32 Å². The maximum absolute atomic E-state index is 12.7. The van der Waals surface area contributed by atoms with E-state index in [0.717, 1.165) is 6.07 Å². The minimum Gasteiger partial charge on any atom is -0.368 e. The number of halogens is 3. The molecule has 0 saturated carbocycles. The summed E-state index contributed by atoms with van der Waals surface area (Å²) in [5.74, 6) is -0.155. The first-order chi connectivity index (χ1) is 8.57. The van der Waals surface area contributed by atoms with Crippen molar-refractivity contribution in [3.63, 3.8) is 0 Å². The lowest BCUT2D eigenvalue weighted by Crippen LogP contribution is -2.16. The van der Waals surface area contributed by atoms with E-state index in [4.69, 9.17) is 0 Å². The van der Waals surface area contributed by atoms with E-state index in [1.807, 2.05) is 0 Å². The molecule has 0 radical (unpaired) electrons. The molecule has 0 unspecified atom stereocenters. The van der Waals surface area contributed by atoms with Crippen molar-refractivity contribution in [1.82, 2.24) is 14.8 Å². The average Bonchev–Trinajstić information content (AvgIpc) is 2.81. The first kappa shape index (κ1) is 12.4. The van der Waals surface area contributed by atoms with Crippen LogP contribution >= 0.6 is 0 Å².